The number of hydrogen-bond donors (Lipinski definition) is 4. The Bertz CT molecular complexity index is 1050. The molecule has 49 heavy (non-hydrogen) atoms. The third kappa shape index (κ3) is 26.9. The largest absolute Gasteiger partial charge is 0.456 e. The molecule has 276 valence electrons. The van der Waals surface area contributed by atoms with Crippen LogP contribution in [0, 0.1) is 0 Å². The van der Waals surface area contributed by atoms with Crippen LogP contribution in [0.5, 0.6) is 0 Å². The van der Waals surface area contributed by atoms with Crippen LogP contribution in [0.3, 0.4) is 0 Å². The summed E-state index contributed by atoms with van der Waals surface area (Å²) in [7, 11) is 3.84. The smallest absolute Gasteiger partial charge is 0.329 e. The maximum absolute atomic E-state index is 12.7. The Morgan fingerprint density at radius 1 is 0.755 bits per heavy atom. The number of ether oxygens (including phenoxy) is 1. The van der Waals surface area contributed by atoms with Gasteiger partial charge >= 0.3 is 5.97 Å². The predicted octanol–water partition coefficient (Wildman–Crippen LogP) is 7.85. The van der Waals surface area contributed by atoms with E-state index in [1.54, 1.807) is 0 Å². The molecular weight excluding hydrogens is 657 g/mol. The van der Waals surface area contributed by atoms with Gasteiger partial charge in [-0.05, 0) is 83.5 Å². The Balaban J connectivity index is 2.18. The molecule has 0 aromatic carbocycles. The minimum atomic E-state index is -1.02. The minimum absolute atomic E-state index is 0.0212. The summed E-state index contributed by atoms with van der Waals surface area (Å²) in [6.07, 6.45) is 37.7. The lowest BCUT2D eigenvalue weighted by Crippen LogP contribution is -2.44. The maximum Gasteiger partial charge on any atom is 0.329 e. The van der Waals surface area contributed by atoms with Gasteiger partial charge in [-0.2, -0.15) is 0 Å². The first-order valence-electron chi connectivity index (χ1n) is 18.2. The molecule has 1 rings (SSSR count). The van der Waals surface area contributed by atoms with Crippen molar-refractivity contribution in [2.45, 2.75) is 127 Å². The van der Waals surface area contributed by atoms with Crippen molar-refractivity contribution in [2.75, 3.05) is 25.5 Å². The van der Waals surface area contributed by atoms with Crippen molar-refractivity contribution >= 4 is 39.4 Å². The zero-order valence-corrected chi connectivity index (χ0v) is 31.3. The molecule has 0 aliphatic carbocycles. The summed E-state index contributed by atoms with van der Waals surface area (Å²) in [4.78, 5) is 37.5. The number of hydrogen-bond acceptors (Lipinski definition) is 8. The predicted molar refractivity (Wildman–Crippen MR) is 207 cm³/mol. The SMILES string of the molecule is CCC=CCC=CCC=CCC=CCC=CCC=CCCC(=O)NCCCC[C@H](NC(=O)CCCC[C@@H]1CCSS1)C(=O)OC(CO)CO. The van der Waals surface area contributed by atoms with Gasteiger partial charge in [-0.3, -0.25) is 9.59 Å². The van der Waals surface area contributed by atoms with Crippen molar-refractivity contribution in [3.8, 4) is 0 Å². The summed E-state index contributed by atoms with van der Waals surface area (Å²) in [6.45, 7) is 1.63. The Hall–Kier alpha value is -2.53. The van der Waals surface area contributed by atoms with Crippen LogP contribution in [0.15, 0.2) is 72.9 Å². The molecule has 1 heterocycles. The lowest BCUT2D eigenvalue weighted by Gasteiger charge is -2.21. The fraction of sp³-hybridized carbons (Fsp3) is 0.615. The van der Waals surface area contributed by atoms with E-state index in [4.69, 9.17) is 4.74 Å². The van der Waals surface area contributed by atoms with Gasteiger partial charge in [0.2, 0.25) is 11.8 Å². The Labute approximate surface area is 303 Å². The Morgan fingerprint density at radius 3 is 1.90 bits per heavy atom. The van der Waals surface area contributed by atoms with E-state index in [0.717, 1.165) is 57.8 Å². The van der Waals surface area contributed by atoms with Crippen LogP contribution in [0.4, 0.5) is 0 Å². The van der Waals surface area contributed by atoms with Gasteiger partial charge in [-0.15, -0.1) is 0 Å². The van der Waals surface area contributed by atoms with E-state index in [2.05, 4.69) is 84.4 Å². The number of rotatable bonds is 29. The average molecular weight is 719 g/mol. The molecule has 2 amide bonds. The number of esters is 1. The van der Waals surface area contributed by atoms with E-state index in [9.17, 15) is 24.6 Å². The molecule has 0 aromatic rings. The molecule has 0 aromatic heterocycles. The normalized spacial score (nSPS) is 16.0. The highest BCUT2D eigenvalue weighted by Gasteiger charge is 2.25. The highest BCUT2D eigenvalue weighted by molar-refractivity contribution is 8.77. The molecular formula is C39H62N2O6S2. The summed E-state index contributed by atoms with van der Waals surface area (Å²) in [5.74, 6) is 0.298. The second kappa shape index (κ2) is 32.7. The van der Waals surface area contributed by atoms with Crippen molar-refractivity contribution in [1.29, 1.82) is 0 Å². The third-order valence-electron chi connectivity index (χ3n) is 7.59. The highest BCUT2D eigenvalue weighted by Crippen LogP contribution is 2.39. The van der Waals surface area contributed by atoms with Crippen LogP contribution in [-0.2, 0) is 19.1 Å². The molecule has 0 spiro atoms. The topological polar surface area (TPSA) is 125 Å². The summed E-state index contributed by atoms with van der Waals surface area (Å²) in [5.41, 5.74) is 0. The van der Waals surface area contributed by atoms with Gasteiger partial charge in [-0.1, -0.05) is 108 Å². The lowest BCUT2D eigenvalue weighted by atomic mass is 10.1. The molecule has 2 atom stereocenters. The van der Waals surface area contributed by atoms with Crippen LogP contribution in [0.1, 0.15) is 110 Å². The molecule has 0 bridgehead atoms. The van der Waals surface area contributed by atoms with E-state index >= 15 is 0 Å². The van der Waals surface area contributed by atoms with Gasteiger partial charge in [0.25, 0.3) is 0 Å². The fourth-order valence-corrected chi connectivity index (χ4v) is 7.79. The van der Waals surface area contributed by atoms with Gasteiger partial charge in [0.1, 0.15) is 12.1 Å². The molecule has 8 nitrogen and oxygen atoms in total. The summed E-state index contributed by atoms with van der Waals surface area (Å²) in [5, 5.41) is 24.9. The molecule has 1 fully saturated rings. The number of amides is 2. The first-order chi connectivity index (χ1) is 24.0. The number of carbonyl (C=O) groups excluding carboxylic acids is 3. The van der Waals surface area contributed by atoms with Gasteiger partial charge in [-0.25, -0.2) is 4.79 Å². The lowest BCUT2D eigenvalue weighted by molar-refractivity contribution is -0.157. The monoisotopic (exact) mass is 718 g/mol. The maximum atomic E-state index is 12.7. The van der Waals surface area contributed by atoms with E-state index in [0.29, 0.717) is 50.3 Å². The molecule has 0 unspecified atom stereocenters. The van der Waals surface area contributed by atoms with Gasteiger partial charge < -0.3 is 25.6 Å². The van der Waals surface area contributed by atoms with Crippen molar-refractivity contribution in [3.63, 3.8) is 0 Å². The van der Waals surface area contributed by atoms with E-state index in [1.807, 2.05) is 27.7 Å². The van der Waals surface area contributed by atoms with Crippen molar-refractivity contribution in [3.05, 3.63) is 72.9 Å². The van der Waals surface area contributed by atoms with Crippen molar-refractivity contribution in [1.82, 2.24) is 10.6 Å². The molecule has 0 saturated carbocycles. The number of aliphatic hydroxyl groups excluding tert-OH is 2. The van der Waals surface area contributed by atoms with Gasteiger partial charge in [0.15, 0.2) is 0 Å². The van der Waals surface area contributed by atoms with Crippen LogP contribution in [0.25, 0.3) is 0 Å². The van der Waals surface area contributed by atoms with Crippen LogP contribution in [-0.4, -0.2) is 70.9 Å². The Kier molecular flexibility index (Phi) is 29.7. The molecule has 1 aliphatic rings. The number of aliphatic hydroxyl groups is 2. The first-order valence-corrected chi connectivity index (χ1v) is 20.5. The Morgan fingerprint density at radius 2 is 1.35 bits per heavy atom. The molecule has 0 radical (unpaired) electrons. The number of allylic oxidation sites excluding steroid dienone is 12. The van der Waals surface area contributed by atoms with Crippen LogP contribution >= 0.6 is 21.6 Å². The summed E-state index contributed by atoms with van der Waals surface area (Å²) < 4.78 is 5.18. The second-order valence-corrected chi connectivity index (χ2v) is 14.7. The minimum Gasteiger partial charge on any atom is -0.456 e. The number of nitrogens with one attached hydrogen (secondary N) is 2. The van der Waals surface area contributed by atoms with Crippen LogP contribution < -0.4 is 10.6 Å². The van der Waals surface area contributed by atoms with Gasteiger partial charge in [0, 0.05) is 30.4 Å². The number of unbranched alkanes of at least 4 members (excludes halogenated alkanes) is 2. The molecule has 1 saturated heterocycles. The summed E-state index contributed by atoms with van der Waals surface area (Å²) >= 11 is 0. The first kappa shape index (κ1) is 44.5. The standard InChI is InChI=1S/C39H62N2O6S2/c1-2-3-4-5-6-7-8-9-10-11-12-13-14-15-16-17-18-19-20-27-37(44)40-30-24-23-26-36(39(46)47-34(32-42)33-43)41-38(45)28-22-21-25-35-29-31-48-49-35/h3-4,6-7,9-10,12-13,15-16,18-19,34-36,42-43H,2,5,8,11,14,17,20-33H2,1H3,(H,40,44)(H,41,45)/t35-,36+/m1/s1. The fourth-order valence-electron chi connectivity index (χ4n) is 4.76. The van der Waals surface area contributed by atoms with Gasteiger partial charge in [0.05, 0.1) is 13.2 Å². The molecule has 1 aliphatic heterocycles. The highest BCUT2D eigenvalue weighted by atomic mass is 33.1. The van der Waals surface area contributed by atoms with E-state index in [1.165, 1.54) is 12.2 Å². The second-order valence-electron chi connectivity index (χ2n) is 11.9. The zero-order valence-electron chi connectivity index (χ0n) is 29.6. The van der Waals surface area contributed by atoms with Crippen molar-refractivity contribution in [2.24, 2.45) is 0 Å². The average Bonchev–Trinajstić information content (AvgIpc) is 3.63. The van der Waals surface area contributed by atoms with E-state index in [-0.39, 0.29) is 11.8 Å². The zero-order chi connectivity index (χ0) is 35.6. The molecule has 10 heteroatoms. The molecule has 4 N–H and O–H groups in total. The number of carbonyl (C=O) groups is 3. The third-order valence-corrected chi connectivity index (χ3v) is 10.6. The van der Waals surface area contributed by atoms with E-state index < -0.39 is 31.3 Å². The quantitative estimate of drug-likeness (QED) is 0.0267. The summed E-state index contributed by atoms with van der Waals surface area (Å²) in [6, 6.07) is -0.862. The van der Waals surface area contributed by atoms with Crippen molar-refractivity contribution < 1.29 is 29.3 Å². The van der Waals surface area contributed by atoms with Crippen LogP contribution in [0.2, 0.25) is 0 Å².